The minimum absolute atomic E-state index is 0.506. The summed E-state index contributed by atoms with van der Waals surface area (Å²) in [6.07, 6.45) is 5.09. The lowest BCUT2D eigenvalue weighted by atomic mass is 10.1. The lowest BCUT2D eigenvalue weighted by Gasteiger charge is -2.26. The molecule has 0 saturated carbocycles. The van der Waals surface area contributed by atoms with Crippen molar-refractivity contribution in [1.82, 2.24) is 14.9 Å². The number of fused-ring (bicyclic) bond motifs is 1. The van der Waals surface area contributed by atoms with Crippen LogP contribution in [0.25, 0.3) is 10.9 Å². The van der Waals surface area contributed by atoms with Crippen molar-refractivity contribution in [2.45, 2.75) is 25.7 Å². The van der Waals surface area contributed by atoms with E-state index in [0.29, 0.717) is 16.0 Å². The average Bonchev–Trinajstić information content (AvgIpc) is 2.75. The SMILES string of the molecule is Clc1ccc(Nc2nc(NCCCN3CCCCC3)nc3ccccc23)cc1Cl. The van der Waals surface area contributed by atoms with Crippen LogP contribution >= 0.6 is 23.2 Å². The highest BCUT2D eigenvalue weighted by Gasteiger charge is 2.11. The quantitative estimate of drug-likeness (QED) is 0.453. The van der Waals surface area contributed by atoms with Gasteiger partial charge in [-0.1, -0.05) is 41.8 Å². The van der Waals surface area contributed by atoms with Crippen LogP contribution in [0.4, 0.5) is 17.5 Å². The molecule has 2 aromatic carbocycles. The molecule has 2 heterocycles. The second kappa shape index (κ2) is 9.61. The molecule has 0 atom stereocenters. The van der Waals surface area contributed by atoms with E-state index >= 15 is 0 Å². The van der Waals surface area contributed by atoms with Gasteiger partial charge in [-0.3, -0.25) is 0 Å². The number of para-hydroxylation sites is 1. The Morgan fingerprint density at radius 2 is 1.76 bits per heavy atom. The van der Waals surface area contributed by atoms with E-state index in [-0.39, 0.29) is 0 Å². The van der Waals surface area contributed by atoms with Crippen molar-refractivity contribution in [3.05, 3.63) is 52.5 Å². The first kappa shape index (κ1) is 20.2. The third kappa shape index (κ3) is 5.30. The molecule has 29 heavy (non-hydrogen) atoms. The Balaban J connectivity index is 1.47. The number of rotatable bonds is 7. The number of nitrogens with one attached hydrogen (secondary N) is 2. The molecule has 152 valence electrons. The van der Waals surface area contributed by atoms with Gasteiger partial charge in [0.2, 0.25) is 5.95 Å². The van der Waals surface area contributed by atoms with Gasteiger partial charge in [0.25, 0.3) is 0 Å². The van der Waals surface area contributed by atoms with Crippen molar-refractivity contribution >= 4 is 51.6 Å². The molecule has 5 nitrogen and oxygen atoms in total. The monoisotopic (exact) mass is 429 g/mol. The number of nitrogens with zero attached hydrogens (tertiary/aromatic N) is 3. The van der Waals surface area contributed by atoms with Crippen LogP contribution in [0.15, 0.2) is 42.5 Å². The van der Waals surface area contributed by atoms with Gasteiger partial charge in [0.15, 0.2) is 0 Å². The highest BCUT2D eigenvalue weighted by atomic mass is 35.5. The van der Waals surface area contributed by atoms with Gasteiger partial charge in [0, 0.05) is 17.6 Å². The fraction of sp³-hybridized carbons (Fsp3) is 0.364. The molecular weight excluding hydrogens is 405 g/mol. The predicted molar refractivity (Wildman–Crippen MR) is 123 cm³/mol. The van der Waals surface area contributed by atoms with Crippen LogP contribution in [0.5, 0.6) is 0 Å². The molecule has 7 heteroatoms. The molecule has 0 aliphatic carbocycles. The van der Waals surface area contributed by atoms with Gasteiger partial charge in [-0.25, -0.2) is 4.98 Å². The molecule has 0 amide bonds. The molecule has 0 unspecified atom stereocenters. The van der Waals surface area contributed by atoms with Crippen molar-refractivity contribution in [2.24, 2.45) is 0 Å². The molecule has 1 aromatic heterocycles. The first-order chi connectivity index (χ1) is 14.2. The van der Waals surface area contributed by atoms with Gasteiger partial charge in [-0.05, 0) is 69.2 Å². The van der Waals surface area contributed by atoms with Crippen LogP contribution in [-0.2, 0) is 0 Å². The van der Waals surface area contributed by atoms with E-state index in [1.165, 1.54) is 32.4 Å². The first-order valence-electron chi connectivity index (χ1n) is 10.1. The molecule has 4 rings (SSSR count). The minimum atomic E-state index is 0.506. The second-order valence-corrected chi connectivity index (χ2v) is 8.16. The Bertz CT molecular complexity index is 973. The smallest absolute Gasteiger partial charge is 0.225 e. The van der Waals surface area contributed by atoms with Crippen molar-refractivity contribution in [1.29, 1.82) is 0 Å². The molecule has 1 fully saturated rings. The maximum atomic E-state index is 6.16. The molecule has 2 N–H and O–H groups in total. The number of benzene rings is 2. The summed E-state index contributed by atoms with van der Waals surface area (Å²) in [5.41, 5.74) is 1.72. The molecule has 1 aliphatic heterocycles. The third-order valence-corrected chi connectivity index (χ3v) is 5.91. The molecule has 3 aromatic rings. The van der Waals surface area contributed by atoms with E-state index in [1.54, 1.807) is 12.1 Å². The summed E-state index contributed by atoms with van der Waals surface area (Å²) in [7, 11) is 0. The summed E-state index contributed by atoms with van der Waals surface area (Å²) in [5.74, 6) is 1.37. The van der Waals surface area contributed by atoms with E-state index in [4.69, 9.17) is 28.2 Å². The van der Waals surface area contributed by atoms with Crippen LogP contribution < -0.4 is 10.6 Å². The summed E-state index contributed by atoms with van der Waals surface area (Å²) in [6, 6.07) is 13.4. The summed E-state index contributed by atoms with van der Waals surface area (Å²) in [4.78, 5) is 11.9. The predicted octanol–water partition coefficient (Wildman–Crippen LogP) is 5.97. The fourth-order valence-electron chi connectivity index (χ4n) is 3.65. The zero-order valence-electron chi connectivity index (χ0n) is 16.3. The Hall–Kier alpha value is -2.08. The highest BCUT2D eigenvalue weighted by molar-refractivity contribution is 6.42. The van der Waals surface area contributed by atoms with E-state index < -0.39 is 0 Å². The Morgan fingerprint density at radius 3 is 2.59 bits per heavy atom. The minimum Gasteiger partial charge on any atom is -0.354 e. The molecular formula is C22H25Cl2N5. The fourth-order valence-corrected chi connectivity index (χ4v) is 3.95. The van der Waals surface area contributed by atoms with E-state index in [1.807, 2.05) is 30.3 Å². The van der Waals surface area contributed by atoms with E-state index in [0.717, 1.165) is 41.9 Å². The summed E-state index contributed by atoms with van der Waals surface area (Å²) in [5, 5.41) is 8.73. The number of likely N-dealkylation sites (tertiary alicyclic amines) is 1. The second-order valence-electron chi connectivity index (χ2n) is 7.35. The first-order valence-corrected chi connectivity index (χ1v) is 10.9. The lowest BCUT2D eigenvalue weighted by molar-refractivity contribution is 0.228. The summed E-state index contributed by atoms with van der Waals surface area (Å²) in [6.45, 7) is 4.42. The van der Waals surface area contributed by atoms with Gasteiger partial charge in [-0.2, -0.15) is 4.98 Å². The van der Waals surface area contributed by atoms with Gasteiger partial charge >= 0.3 is 0 Å². The maximum Gasteiger partial charge on any atom is 0.225 e. The van der Waals surface area contributed by atoms with Crippen molar-refractivity contribution < 1.29 is 0 Å². The number of piperidine rings is 1. The number of hydrogen-bond donors (Lipinski definition) is 2. The summed E-state index contributed by atoms with van der Waals surface area (Å²) >= 11 is 12.2. The zero-order valence-corrected chi connectivity index (χ0v) is 17.8. The standard InChI is InChI=1S/C22H25Cl2N5/c23-18-10-9-16(15-19(18)24)26-21-17-7-2-3-8-20(17)27-22(28-21)25-11-6-14-29-12-4-1-5-13-29/h2-3,7-10,15H,1,4-6,11-14H2,(H2,25,26,27,28). The number of anilines is 3. The lowest BCUT2D eigenvalue weighted by Crippen LogP contribution is -2.31. The number of aromatic nitrogens is 2. The Labute approximate surface area is 181 Å². The molecule has 0 radical (unpaired) electrons. The van der Waals surface area contributed by atoms with E-state index in [2.05, 4.69) is 20.5 Å². The normalized spacial score (nSPS) is 14.8. The molecule has 1 aliphatic rings. The van der Waals surface area contributed by atoms with Crippen LogP contribution in [0.2, 0.25) is 10.0 Å². The van der Waals surface area contributed by atoms with Crippen molar-refractivity contribution in [3.63, 3.8) is 0 Å². The summed E-state index contributed by atoms with van der Waals surface area (Å²) < 4.78 is 0. The number of halogens is 2. The average molecular weight is 430 g/mol. The van der Waals surface area contributed by atoms with Crippen LogP contribution in [0.1, 0.15) is 25.7 Å². The molecule has 0 spiro atoms. The van der Waals surface area contributed by atoms with Crippen LogP contribution in [0.3, 0.4) is 0 Å². The van der Waals surface area contributed by atoms with Crippen LogP contribution in [0, 0.1) is 0 Å². The largest absolute Gasteiger partial charge is 0.354 e. The van der Waals surface area contributed by atoms with Gasteiger partial charge in [0.05, 0.1) is 15.6 Å². The molecule has 0 bridgehead atoms. The van der Waals surface area contributed by atoms with E-state index in [9.17, 15) is 0 Å². The van der Waals surface area contributed by atoms with Crippen molar-refractivity contribution in [3.8, 4) is 0 Å². The topological polar surface area (TPSA) is 53.1 Å². The Morgan fingerprint density at radius 1 is 0.931 bits per heavy atom. The zero-order chi connectivity index (χ0) is 20.1. The molecule has 1 saturated heterocycles. The van der Waals surface area contributed by atoms with Crippen LogP contribution in [-0.4, -0.2) is 41.0 Å². The van der Waals surface area contributed by atoms with Gasteiger partial charge in [0.1, 0.15) is 5.82 Å². The third-order valence-electron chi connectivity index (χ3n) is 5.17. The van der Waals surface area contributed by atoms with Crippen molar-refractivity contribution in [2.75, 3.05) is 36.8 Å². The van der Waals surface area contributed by atoms with Gasteiger partial charge in [-0.15, -0.1) is 0 Å². The highest BCUT2D eigenvalue weighted by Crippen LogP contribution is 2.29. The maximum absolute atomic E-state index is 6.16. The van der Waals surface area contributed by atoms with Gasteiger partial charge < -0.3 is 15.5 Å². The number of hydrogen-bond acceptors (Lipinski definition) is 5. The Kier molecular flexibility index (Phi) is 6.70.